The van der Waals surface area contributed by atoms with Crippen molar-refractivity contribution in [3.8, 4) is 11.4 Å². The lowest BCUT2D eigenvalue weighted by Gasteiger charge is -2.13. The predicted molar refractivity (Wildman–Crippen MR) is 71.3 cm³/mol. The van der Waals surface area contributed by atoms with Crippen molar-refractivity contribution in [2.24, 2.45) is 0 Å². The standard InChI is InChI=1S/C14H13F4N3/c1-3-19-13-11(15)8(2)20-12(21-13)9-6-4-5-7-10(9)14(16,17)18/h4-7H,3H2,1-2H3,(H,19,20,21). The molecule has 2 rings (SSSR count). The lowest BCUT2D eigenvalue weighted by Crippen LogP contribution is -2.11. The molecule has 1 N–H and O–H groups in total. The molecule has 7 heteroatoms. The summed E-state index contributed by atoms with van der Waals surface area (Å²) in [5, 5.41) is 2.68. The Morgan fingerprint density at radius 2 is 1.81 bits per heavy atom. The van der Waals surface area contributed by atoms with Gasteiger partial charge in [-0.05, 0) is 19.9 Å². The largest absolute Gasteiger partial charge is 0.417 e. The summed E-state index contributed by atoms with van der Waals surface area (Å²) in [6.45, 7) is 3.52. The first-order valence-electron chi connectivity index (χ1n) is 6.29. The third-order valence-electron chi connectivity index (χ3n) is 2.83. The highest BCUT2D eigenvalue weighted by atomic mass is 19.4. The molecule has 2 aromatic rings. The second-order valence-electron chi connectivity index (χ2n) is 4.37. The summed E-state index contributed by atoms with van der Waals surface area (Å²) in [5.41, 5.74) is -1.03. The molecule has 0 saturated carbocycles. The van der Waals surface area contributed by atoms with Crippen molar-refractivity contribution in [1.29, 1.82) is 0 Å². The van der Waals surface area contributed by atoms with Crippen molar-refractivity contribution in [3.63, 3.8) is 0 Å². The Balaban J connectivity index is 2.63. The second-order valence-corrected chi connectivity index (χ2v) is 4.37. The monoisotopic (exact) mass is 299 g/mol. The van der Waals surface area contributed by atoms with E-state index in [4.69, 9.17) is 0 Å². The summed E-state index contributed by atoms with van der Waals surface area (Å²) in [7, 11) is 0. The Morgan fingerprint density at radius 3 is 2.43 bits per heavy atom. The van der Waals surface area contributed by atoms with Crippen LogP contribution in [0, 0.1) is 12.7 Å². The molecule has 0 aliphatic heterocycles. The summed E-state index contributed by atoms with van der Waals surface area (Å²) in [5.74, 6) is -0.917. The molecule has 0 saturated heterocycles. The summed E-state index contributed by atoms with van der Waals surface area (Å²) in [4.78, 5) is 7.70. The number of aryl methyl sites for hydroxylation is 1. The van der Waals surface area contributed by atoms with Crippen molar-refractivity contribution >= 4 is 5.82 Å². The fourth-order valence-electron chi connectivity index (χ4n) is 1.89. The van der Waals surface area contributed by atoms with Crippen LogP contribution in [0.2, 0.25) is 0 Å². The molecule has 112 valence electrons. The van der Waals surface area contributed by atoms with Gasteiger partial charge in [0.1, 0.15) is 0 Å². The Bertz CT molecular complexity index is 653. The van der Waals surface area contributed by atoms with Gasteiger partial charge in [0.15, 0.2) is 17.5 Å². The van der Waals surface area contributed by atoms with Gasteiger partial charge in [-0.2, -0.15) is 13.2 Å². The first kappa shape index (κ1) is 15.2. The van der Waals surface area contributed by atoms with Crippen LogP contribution < -0.4 is 5.32 Å². The zero-order valence-electron chi connectivity index (χ0n) is 11.4. The molecule has 1 aromatic heterocycles. The fraction of sp³-hybridized carbons (Fsp3) is 0.286. The maximum atomic E-state index is 13.8. The summed E-state index contributed by atoms with van der Waals surface area (Å²) >= 11 is 0. The van der Waals surface area contributed by atoms with Gasteiger partial charge in [0.05, 0.1) is 11.3 Å². The second kappa shape index (κ2) is 5.67. The SMILES string of the molecule is CCNc1nc(-c2ccccc2C(F)(F)F)nc(C)c1F. The molecule has 0 spiro atoms. The van der Waals surface area contributed by atoms with Gasteiger partial charge in [-0.25, -0.2) is 14.4 Å². The number of halogens is 4. The van der Waals surface area contributed by atoms with E-state index in [1.165, 1.54) is 25.1 Å². The van der Waals surface area contributed by atoms with Crippen LogP contribution >= 0.6 is 0 Å². The summed E-state index contributed by atoms with van der Waals surface area (Å²) in [6, 6.07) is 4.96. The predicted octanol–water partition coefficient (Wildman–Crippen LogP) is 4.04. The van der Waals surface area contributed by atoms with Crippen molar-refractivity contribution < 1.29 is 17.6 Å². The van der Waals surface area contributed by atoms with Crippen LogP contribution in [0.15, 0.2) is 24.3 Å². The lowest BCUT2D eigenvalue weighted by molar-refractivity contribution is -0.137. The summed E-state index contributed by atoms with van der Waals surface area (Å²) < 4.78 is 52.9. The molecular formula is C14H13F4N3. The molecule has 3 nitrogen and oxygen atoms in total. The van der Waals surface area contributed by atoms with Crippen LogP contribution in [0.4, 0.5) is 23.4 Å². The zero-order valence-corrected chi connectivity index (χ0v) is 11.4. The van der Waals surface area contributed by atoms with E-state index in [1.54, 1.807) is 6.92 Å². The van der Waals surface area contributed by atoms with Crippen LogP contribution in [0.1, 0.15) is 18.2 Å². The van der Waals surface area contributed by atoms with Crippen LogP contribution in [-0.2, 0) is 6.18 Å². The Morgan fingerprint density at radius 1 is 1.14 bits per heavy atom. The number of aromatic nitrogens is 2. The Hall–Kier alpha value is -2.18. The molecule has 0 radical (unpaired) electrons. The van der Waals surface area contributed by atoms with Gasteiger partial charge >= 0.3 is 6.18 Å². The molecular weight excluding hydrogens is 286 g/mol. The number of nitrogens with one attached hydrogen (secondary N) is 1. The van der Waals surface area contributed by atoms with Gasteiger partial charge in [-0.1, -0.05) is 18.2 Å². The van der Waals surface area contributed by atoms with Crippen LogP contribution in [-0.4, -0.2) is 16.5 Å². The number of anilines is 1. The van der Waals surface area contributed by atoms with E-state index in [1.807, 2.05) is 0 Å². The molecule has 0 amide bonds. The fourth-order valence-corrected chi connectivity index (χ4v) is 1.89. The third kappa shape index (κ3) is 3.12. The van der Waals surface area contributed by atoms with Crippen molar-refractivity contribution in [1.82, 2.24) is 9.97 Å². The van der Waals surface area contributed by atoms with Crippen LogP contribution in [0.25, 0.3) is 11.4 Å². The maximum Gasteiger partial charge on any atom is 0.417 e. The first-order valence-corrected chi connectivity index (χ1v) is 6.29. The van der Waals surface area contributed by atoms with E-state index in [0.29, 0.717) is 6.54 Å². The number of rotatable bonds is 3. The van der Waals surface area contributed by atoms with Crippen molar-refractivity contribution in [2.75, 3.05) is 11.9 Å². The molecule has 0 bridgehead atoms. The minimum absolute atomic E-state index is 0.00655. The number of hydrogen-bond donors (Lipinski definition) is 1. The van der Waals surface area contributed by atoms with Crippen LogP contribution in [0.3, 0.4) is 0 Å². The average Bonchev–Trinajstić information content (AvgIpc) is 2.43. The quantitative estimate of drug-likeness (QED) is 0.869. The highest BCUT2D eigenvalue weighted by Crippen LogP contribution is 2.36. The average molecular weight is 299 g/mol. The number of alkyl halides is 3. The Labute approximate surface area is 119 Å². The smallest absolute Gasteiger partial charge is 0.368 e. The van der Waals surface area contributed by atoms with E-state index in [9.17, 15) is 17.6 Å². The maximum absolute atomic E-state index is 13.8. The minimum Gasteiger partial charge on any atom is -0.368 e. The highest BCUT2D eigenvalue weighted by molar-refractivity contribution is 5.63. The molecule has 1 heterocycles. The normalized spacial score (nSPS) is 11.5. The van der Waals surface area contributed by atoms with E-state index in [0.717, 1.165) is 6.07 Å². The molecule has 21 heavy (non-hydrogen) atoms. The summed E-state index contributed by atoms with van der Waals surface area (Å²) in [6.07, 6.45) is -4.53. The van der Waals surface area contributed by atoms with Gasteiger partial charge in [-0.15, -0.1) is 0 Å². The number of nitrogens with zero attached hydrogens (tertiary/aromatic N) is 2. The number of benzene rings is 1. The lowest BCUT2D eigenvalue weighted by atomic mass is 10.1. The molecule has 1 aromatic carbocycles. The van der Waals surface area contributed by atoms with Gasteiger partial charge in [-0.3, -0.25) is 0 Å². The van der Waals surface area contributed by atoms with E-state index in [2.05, 4.69) is 15.3 Å². The number of hydrogen-bond acceptors (Lipinski definition) is 3. The first-order chi connectivity index (χ1) is 9.84. The van der Waals surface area contributed by atoms with Gasteiger partial charge < -0.3 is 5.32 Å². The van der Waals surface area contributed by atoms with Crippen LogP contribution in [0.5, 0.6) is 0 Å². The van der Waals surface area contributed by atoms with Gasteiger partial charge in [0.2, 0.25) is 0 Å². The minimum atomic E-state index is -4.53. The molecule has 0 aliphatic rings. The van der Waals surface area contributed by atoms with Gasteiger partial charge in [0, 0.05) is 12.1 Å². The zero-order chi connectivity index (χ0) is 15.6. The van der Waals surface area contributed by atoms with Crippen molar-refractivity contribution in [3.05, 3.63) is 41.3 Å². The van der Waals surface area contributed by atoms with E-state index in [-0.39, 0.29) is 22.9 Å². The van der Waals surface area contributed by atoms with E-state index < -0.39 is 17.6 Å². The highest BCUT2D eigenvalue weighted by Gasteiger charge is 2.34. The van der Waals surface area contributed by atoms with Crippen molar-refractivity contribution in [2.45, 2.75) is 20.0 Å². The molecule has 0 unspecified atom stereocenters. The van der Waals surface area contributed by atoms with E-state index >= 15 is 0 Å². The molecule has 0 fully saturated rings. The Kier molecular flexibility index (Phi) is 4.11. The molecule has 0 aliphatic carbocycles. The third-order valence-corrected chi connectivity index (χ3v) is 2.83. The topological polar surface area (TPSA) is 37.8 Å². The van der Waals surface area contributed by atoms with Gasteiger partial charge in [0.25, 0.3) is 0 Å². The molecule has 0 atom stereocenters.